The van der Waals surface area contributed by atoms with Crippen molar-refractivity contribution in [3.8, 4) is 62.1 Å². The van der Waals surface area contributed by atoms with E-state index in [0.717, 1.165) is 72.9 Å². The highest BCUT2D eigenvalue weighted by atomic mass is 15.1. The monoisotopic (exact) mass is 627 g/mol. The lowest BCUT2D eigenvalue weighted by Crippen LogP contribution is -2.01. The lowest BCUT2D eigenvalue weighted by Gasteiger charge is -2.12. The van der Waals surface area contributed by atoms with E-state index >= 15 is 0 Å². The summed E-state index contributed by atoms with van der Waals surface area (Å²) in [5.74, 6) is 0.785. The van der Waals surface area contributed by atoms with Crippen LogP contribution in [0.15, 0.2) is 176 Å². The highest BCUT2D eigenvalue weighted by Crippen LogP contribution is 2.34. The van der Waals surface area contributed by atoms with Gasteiger partial charge >= 0.3 is 0 Å². The number of pyridine rings is 4. The molecule has 0 bridgehead atoms. The van der Waals surface area contributed by atoms with Gasteiger partial charge in [-0.15, -0.1) is 0 Å². The number of hydrogen-bond acceptors (Lipinski definition) is 4. The number of nitrogens with zero attached hydrogens (tertiary/aromatic N) is 5. The van der Waals surface area contributed by atoms with E-state index < -0.39 is 0 Å². The number of hydrogen-bond donors (Lipinski definition) is 0. The molecule has 9 aromatic rings. The highest BCUT2D eigenvalue weighted by molar-refractivity contribution is 6.07. The van der Waals surface area contributed by atoms with Crippen molar-refractivity contribution in [1.82, 2.24) is 24.5 Å². The van der Waals surface area contributed by atoms with Crippen LogP contribution in [-0.4, -0.2) is 24.5 Å². The molecule has 0 atom stereocenters. The Balaban J connectivity index is 1.20. The van der Waals surface area contributed by atoms with Crippen molar-refractivity contribution < 1.29 is 0 Å². The molecule has 230 valence electrons. The predicted molar refractivity (Wildman–Crippen MR) is 199 cm³/mol. The molecule has 0 aliphatic rings. The molecule has 0 amide bonds. The highest BCUT2D eigenvalue weighted by Gasteiger charge is 2.16. The summed E-state index contributed by atoms with van der Waals surface area (Å²) in [7, 11) is 0. The van der Waals surface area contributed by atoms with E-state index in [0.29, 0.717) is 0 Å². The Hall–Kier alpha value is -6.72. The van der Waals surface area contributed by atoms with Crippen LogP contribution < -0.4 is 0 Å². The van der Waals surface area contributed by atoms with Crippen LogP contribution in [0.3, 0.4) is 0 Å². The third kappa shape index (κ3) is 5.33. The van der Waals surface area contributed by atoms with Gasteiger partial charge in [0.05, 0.1) is 34.0 Å². The summed E-state index contributed by atoms with van der Waals surface area (Å²) in [5, 5.41) is 2.24. The van der Waals surface area contributed by atoms with Gasteiger partial charge in [0.15, 0.2) is 0 Å². The van der Waals surface area contributed by atoms with Crippen molar-refractivity contribution in [1.29, 1.82) is 0 Å². The smallest absolute Gasteiger partial charge is 0.146 e. The van der Waals surface area contributed by atoms with Crippen molar-refractivity contribution in [2.24, 2.45) is 0 Å². The number of fused-ring (bicyclic) bond motifs is 3. The van der Waals surface area contributed by atoms with Crippen LogP contribution in [0.5, 0.6) is 0 Å². The van der Waals surface area contributed by atoms with E-state index in [2.05, 4.69) is 108 Å². The van der Waals surface area contributed by atoms with Crippen molar-refractivity contribution in [2.45, 2.75) is 0 Å². The van der Waals surface area contributed by atoms with Gasteiger partial charge in [-0.05, 0) is 76.9 Å². The van der Waals surface area contributed by atoms with E-state index in [1.165, 1.54) is 11.1 Å². The standard InChI is InChI=1S/C44H29N5/c1-3-12-30(13-4-1)31-23-25-32(26-24-31)34-28-40(38-19-9-18-37(46-38)33-14-5-2-6-15-33)47-41(29-34)39-20-10-22-43(48-39)49-42-21-8-7-16-35(42)36-17-11-27-45-44(36)49/h1-29H. The Morgan fingerprint density at radius 2 is 0.898 bits per heavy atom. The van der Waals surface area contributed by atoms with E-state index in [4.69, 9.17) is 19.9 Å². The SMILES string of the molecule is c1ccc(-c2ccc(-c3cc(-c4cccc(-c5ccccc5)n4)nc(-c4cccc(-n5c6ccccc6c6cccnc65)n4)c3)cc2)cc1. The second-order valence-electron chi connectivity index (χ2n) is 12.0. The summed E-state index contributed by atoms with van der Waals surface area (Å²) in [6.45, 7) is 0. The Morgan fingerprint density at radius 1 is 0.347 bits per heavy atom. The molecular formula is C44H29N5. The predicted octanol–water partition coefficient (Wildman–Crippen LogP) is 10.7. The quantitative estimate of drug-likeness (QED) is 0.184. The minimum atomic E-state index is 0.766. The first kappa shape index (κ1) is 28.5. The van der Waals surface area contributed by atoms with Crippen molar-refractivity contribution in [3.05, 3.63) is 176 Å². The van der Waals surface area contributed by atoms with E-state index in [9.17, 15) is 0 Å². The molecule has 0 fully saturated rings. The zero-order valence-electron chi connectivity index (χ0n) is 26.5. The zero-order valence-corrected chi connectivity index (χ0v) is 26.5. The lowest BCUT2D eigenvalue weighted by atomic mass is 9.99. The van der Waals surface area contributed by atoms with Crippen molar-refractivity contribution in [3.63, 3.8) is 0 Å². The summed E-state index contributed by atoms with van der Waals surface area (Å²) in [4.78, 5) is 20.2. The topological polar surface area (TPSA) is 56.5 Å². The van der Waals surface area contributed by atoms with Crippen LogP contribution in [0.4, 0.5) is 0 Å². The maximum Gasteiger partial charge on any atom is 0.146 e. The first-order chi connectivity index (χ1) is 24.3. The number of aromatic nitrogens is 5. The fourth-order valence-corrected chi connectivity index (χ4v) is 6.51. The van der Waals surface area contributed by atoms with E-state index in [1.54, 1.807) is 0 Å². The van der Waals surface area contributed by atoms with Gasteiger partial charge < -0.3 is 0 Å². The second-order valence-corrected chi connectivity index (χ2v) is 12.0. The molecule has 5 heterocycles. The second kappa shape index (κ2) is 12.1. The first-order valence-electron chi connectivity index (χ1n) is 16.3. The molecule has 49 heavy (non-hydrogen) atoms. The molecule has 5 heteroatoms. The first-order valence-corrected chi connectivity index (χ1v) is 16.3. The van der Waals surface area contributed by atoms with Crippen LogP contribution >= 0.6 is 0 Å². The Bertz CT molecular complexity index is 2540. The molecule has 0 aliphatic heterocycles. The zero-order chi connectivity index (χ0) is 32.6. The fraction of sp³-hybridized carbons (Fsp3) is 0. The Morgan fingerprint density at radius 3 is 1.65 bits per heavy atom. The molecule has 5 aromatic heterocycles. The van der Waals surface area contributed by atoms with Gasteiger partial charge in [-0.3, -0.25) is 4.57 Å². The average Bonchev–Trinajstić information content (AvgIpc) is 3.53. The summed E-state index contributed by atoms with van der Waals surface area (Å²) < 4.78 is 2.13. The van der Waals surface area contributed by atoms with Crippen LogP contribution in [0, 0.1) is 0 Å². The lowest BCUT2D eigenvalue weighted by molar-refractivity contribution is 1.05. The molecule has 0 saturated carbocycles. The van der Waals surface area contributed by atoms with Crippen molar-refractivity contribution >= 4 is 21.9 Å². The Labute approximate surface area is 283 Å². The van der Waals surface area contributed by atoms with Gasteiger partial charge in [-0.2, -0.15) is 0 Å². The van der Waals surface area contributed by atoms with Gasteiger partial charge in [0.2, 0.25) is 0 Å². The number of para-hydroxylation sites is 1. The Kier molecular flexibility index (Phi) is 7.06. The van der Waals surface area contributed by atoms with Gasteiger partial charge in [-0.25, -0.2) is 19.9 Å². The molecule has 0 unspecified atom stereocenters. The van der Waals surface area contributed by atoms with E-state index in [-0.39, 0.29) is 0 Å². The van der Waals surface area contributed by atoms with Crippen LogP contribution in [0.1, 0.15) is 0 Å². The normalized spacial score (nSPS) is 11.3. The number of benzene rings is 4. The van der Waals surface area contributed by atoms with Crippen LogP contribution in [-0.2, 0) is 0 Å². The molecule has 0 saturated heterocycles. The largest absolute Gasteiger partial charge is 0.278 e. The minimum absolute atomic E-state index is 0.766. The average molecular weight is 628 g/mol. The van der Waals surface area contributed by atoms with E-state index in [1.807, 2.05) is 72.9 Å². The minimum Gasteiger partial charge on any atom is -0.278 e. The van der Waals surface area contributed by atoms with Gasteiger partial charge in [0.1, 0.15) is 11.5 Å². The fourth-order valence-electron chi connectivity index (χ4n) is 6.51. The molecule has 9 rings (SSSR count). The van der Waals surface area contributed by atoms with Gasteiger partial charge in [-0.1, -0.05) is 115 Å². The maximum atomic E-state index is 5.21. The molecule has 0 aliphatic carbocycles. The van der Waals surface area contributed by atoms with Gasteiger partial charge in [0.25, 0.3) is 0 Å². The molecular weight excluding hydrogens is 599 g/mol. The summed E-state index contributed by atoms with van der Waals surface area (Å²) in [6.07, 6.45) is 1.83. The van der Waals surface area contributed by atoms with Crippen LogP contribution in [0.25, 0.3) is 84.0 Å². The molecule has 0 radical (unpaired) electrons. The molecule has 4 aromatic carbocycles. The molecule has 5 nitrogen and oxygen atoms in total. The van der Waals surface area contributed by atoms with Crippen molar-refractivity contribution in [2.75, 3.05) is 0 Å². The van der Waals surface area contributed by atoms with Gasteiger partial charge in [0, 0.05) is 22.5 Å². The molecule has 0 spiro atoms. The number of rotatable bonds is 6. The maximum absolute atomic E-state index is 5.21. The third-order valence-corrected chi connectivity index (χ3v) is 8.89. The molecule has 0 N–H and O–H groups in total. The summed E-state index contributed by atoms with van der Waals surface area (Å²) in [5.41, 5.74) is 11.5. The summed E-state index contributed by atoms with van der Waals surface area (Å²) >= 11 is 0. The summed E-state index contributed by atoms with van der Waals surface area (Å²) in [6, 6.07) is 58.3. The van der Waals surface area contributed by atoms with Crippen LogP contribution in [0.2, 0.25) is 0 Å². The third-order valence-electron chi connectivity index (χ3n) is 8.89.